The van der Waals surface area contributed by atoms with Gasteiger partial charge in [0, 0.05) is 24.8 Å². The third kappa shape index (κ3) is 4.12. The van der Waals surface area contributed by atoms with E-state index >= 15 is 0 Å². The molecule has 1 atom stereocenters. The number of nitrogens with zero attached hydrogens (tertiary/aromatic N) is 3. The first-order valence-electron chi connectivity index (χ1n) is 9.59. The number of para-hydroxylation sites is 1. The highest BCUT2D eigenvalue weighted by molar-refractivity contribution is 7.89. The first-order chi connectivity index (χ1) is 14.4. The third-order valence-corrected chi connectivity index (χ3v) is 6.97. The number of hydrogen-bond acceptors (Lipinski definition) is 4. The lowest BCUT2D eigenvalue weighted by Gasteiger charge is -2.23. The van der Waals surface area contributed by atoms with E-state index in [-0.39, 0.29) is 23.9 Å². The van der Waals surface area contributed by atoms with Crippen molar-refractivity contribution < 1.29 is 17.6 Å². The molecule has 3 aromatic rings. The molecule has 1 aliphatic heterocycles. The molecule has 1 aliphatic rings. The molecule has 0 aliphatic carbocycles. The number of carbonyl (C=O) groups excluding carboxylic acids is 1. The largest absolute Gasteiger partial charge is 0.351 e. The molecular weight excluding hydrogens is 407 g/mol. The van der Waals surface area contributed by atoms with Crippen molar-refractivity contribution in [2.45, 2.75) is 30.3 Å². The van der Waals surface area contributed by atoms with Crippen LogP contribution in [0.15, 0.2) is 71.9 Å². The van der Waals surface area contributed by atoms with Gasteiger partial charge in [-0.3, -0.25) is 4.79 Å². The van der Waals surface area contributed by atoms with Gasteiger partial charge >= 0.3 is 0 Å². The Bertz CT molecular complexity index is 1130. The molecule has 2 aromatic carbocycles. The van der Waals surface area contributed by atoms with Crippen LogP contribution in [0.2, 0.25) is 0 Å². The molecule has 9 heteroatoms. The van der Waals surface area contributed by atoms with E-state index in [4.69, 9.17) is 0 Å². The summed E-state index contributed by atoms with van der Waals surface area (Å²) in [5.74, 6) is -0.869. The van der Waals surface area contributed by atoms with Crippen molar-refractivity contribution in [1.29, 1.82) is 0 Å². The Morgan fingerprint density at radius 3 is 2.60 bits per heavy atom. The number of carbonyl (C=O) groups is 1. The topological polar surface area (TPSA) is 84.3 Å². The molecule has 7 nitrogen and oxygen atoms in total. The van der Waals surface area contributed by atoms with E-state index in [0.29, 0.717) is 12.8 Å². The van der Waals surface area contributed by atoms with Crippen LogP contribution in [-0.4, -0.2) is 41.0 Å². The summed E-state index contributed by atoms with van der Waals surface area (Å²) < 4.78 is 41.9. The van der Waals surface area contributed by atoms with Crippen LogP contribution in [-0.2, 0) is 21.4 Å². The van der Waals surface area contributed by atoms with E-state index < -0.39 is 21.9 Å². The summed E-state index contributed by atoms with van der Waals surface area (Å²) in [5, 5.41) is 7.10. The van der Waals surface area contributed by atoms with E-state index in [1.807, 2.05) is 36.5 Å². The van der Waals surface area contributed by atoms with Gasteiger partial charge in [-0.2, -0.15) is 9.40 Å². The lowest BCUT2D eigenvalue weighted by molar-refractivity contribution is -0.124. The molecule has 0 spiro atoms. The molecule has 30 heavy (non-hydrogen) atoms. The molecular formula is C21H21FN4O3S. The third-order valence-electron chi connectivity index (χ3n) is 5.05. The lowest BCUT2D eigenvalue weighted by Crippen LogP contribution is -2.45. The molecule has 1 fully saturated rings. The molecule has 1 saturated heterocycles. The maximum atomic E-state index is 13.1. The van der Waals surface area contributed by atoms with Gasteiger partial charge in [0.15, 0.2) is 0 Å². The standard InChI is InChI=1S/C21H21FN4O3S/c22-17-8-10-19(11-9-17)30(28,29)26-12-4-7-20(26)21(27)23-13-16-14-24-25(15-16)18-5-2-1-3-6-18/h1-3,5-6,8-11,14-15,20H,4,7,12-13H2,(H,23,27). The zero-order valence-corrected chi connectivity index (χ0v) is 16.9. The molecule has 0 radical (unpaired) electrons. The summed E-state index contributed by atoms with van der Waals surface area (Å²) in [4.78, 5) is 12.7. The number of nitrogens with one attached hydrogen (secondary N) is 1. The lowest BCUT2D eigenvalue weighted by atomic mass is 10.2. The summed E-state index contributed by atoms with van der Waals surface area (Å²) in [6.45, 7) is 0.496. The smallest absolute Gasteiger partial charge is 0.243 e. The molecule has 156 valence electrons. The van der Waals surface area contributed by atoms with Crippen LogP contribution in [0.1, 0.15) is 18.4 Å². The van der Waals surface area contributed by atoms with Crippen LogP contribution in [0.25, 0.3) is 5.69 Å². The molecule has 1 unspecified atom stereocenters. The molecule has 1 amide bonds. The molecule has 1 N–H and O–H groups in total. The maximum Gasteiger partial charge on any atom is 0.243 e. The number of aromatic nitrogens is 2. The highest BCUT2D eigenvalue weighted by Gasteiger charge is 2.39. The summed E-state index contributed by atoms with van der Waals surface area (Å²) in [7, 11) is -3.88. The minimum atomic E-state index is -3.88. The van der Waals surface area contributed by atoms with Gasteiger partial charge in [0.25, 0.3) is 0 Å². The summed E-state index contributed by atoms with van der Waals surface area (Å²) >= 11 is 0. The number of rotatable bonds is 6. The summed E-state index contributed by atoms with van der Waals surface area (Å²) in [5.41, 5.74) is 1.71. The first-order valence-corrected chi connectivity index (χ1v) is 11.0. The van der Waals surface area contributed by atoms with Gasteiger partial charge < -0.3 is 5.32 Å². The van der Waals surface area contributed by atoms with Crippen molar-refractivity contribution in [3.8, 4) is 5.69 Å². The van der Waals surface area contributed by atoms with Crippen LogP contribution in [0, 0.1) is 5.82 Å². The predicted molar refractivity (Wildman–Crippen MR) is 109 cm³/mol. The molecule has 1 aromatic heterocycles. The normalized spacial score (nSPS) is 17.2. The second kappa shape index (κ2) is 8.37. The van der Waals surface area contributed by atoms with Crippen molar-refractivity contribution in [2.75, 3.05) is 6.54 Å². The van der Waals surface area contributed by atoms with Crippen LogP contribution in [0.4, 0.5) is 4.39 Å². The van der Waals surface area contributed by atoms with E-state index in [1.165, 1.54) is 16.4 Å². The fourth-order valence-electron chi connectivity index (χ4n) is 3.51. The number of halogens is 1. The summed E-state index contributed by atoms with van der Waals surface area (Å²) in [6.07, 6.45) is 4.51. The Hall–Kier alpha value is -3.04. The van der Waals surface area contributed by atoms with Crippen LogP contribution < -0.4 is 5.32 Å². The SMILES string of the molecule is O=C(NCc1cnn(-c2ccccc2)c1)C1CCCN1S(=O)(=O)c1ccc(F)cc1. The average Bonchev–Trinajstić information content (AvgIpc) is 3.43. The number of sulfonamides is 1. The fraction of sp³-hybridized carbons (Fsp3) is 0.238. The van der Waals surface area contributed by atoms with Crippen molar-refractivity contribution >= 4 is 15.9 Å². The monoisotopic (exact) mass is 428 g/mol. The number of amides is 1. The van der Waals surface area contributed by atoms with E-state index in [1.54, 1.807) is 10.9 Å². The quantitative estimate of drug-likeness (QED) is 0.654. The Labute approximate surface area is 174 Å². The summed E-state index contributed by atoms with van der Waals surface area (Å²) in [6, 6.07) is 13.4. The van der Waals surface area contributed by atoms with Crippen molar-refractivity contribution in [3.63, 3.8) is 0 Å². The van der Waals surface area contributed by atoms with Crippen molar-refractivity contribution in [3.05, 3.63) is 78.4 Å². The van der Waals surface area contributed by atoms with Crippen molar-refractivity contribution in [1.82, 2.24) is 19.4 Å². The van der Waals surface area contributed by atoms with E-state index in [9.17, 15) is 17.6 Å². The van der Waals surface area contributed by atoms with Gasteiger partial charge in [0.05, 0.1) is 16.8 Å². The maximum absolute atomic E-state index is 13.1. The van der Waals surface area contributed by atoms with E-state index in [2.05, 4.69) is 10.4 Å². The zero-order chi connectivity index (χ0) is 21.1. The number of benzene rings is 2. The van der Waals surface area contributed by atoms with Crippen LogP contribution in [0.3, 0.4) is 0 Å². The van der Waals surface area contributed by atoms with Gasteiger partial charge in [0.2, 0.25) is 15.9 Å². The molecule has 0 saturated carbocycles. The van der Waals surface area contributed by atoms with Crippen LogP contribution >= 0.6 is 0 Å². The van der Waals surface area contributed by atoms with Gasteiger partial charge in [-0.25, -0.2) is 17.5 Å². The number of hydrogen-bond donors (Lipinski definition) is 1. The van der Waals surface area contributed by atoms with Crippen LogP contribution in [0.5, 0.6) is 0 Å². The average molecular weight is 428 g/mol. The Balaban J connectivity index is 1.43. The predicted octanol–water partition coefficient (Wildman–Crippen LogP) is 2.48. The molecule has 0 bridgehead atoms. The Kier molecular flexibility index (Phi) is 5.65. The highest BCUT2D eigenvalue weighted by Crippen LogP contribution is 2.26. The minimum absolute atomic E-state index is 0.0206. The van der Waals surface area contributed by atoms with E-state index in [0.717, 1.165) is 23.4 Å². The zero-order valence-electron chi connectivity index (χ0n) is 16.1. The van der Waals surface area contributed by atoms with Gasteiger partial charge in [-0.1, -0.05) is 18.2 Å². The Morgan fingerprint density at radius 1 is 1.13 bits per heavy atom. The second-order valence-corrected chi connectivity index (χ2v) is 8.96. The van der Waals surface area contributed by atoms with Gasteiger partial charge in [-0.05, 0) is 49.2 Å². The highest BCUT2D eigenvalue weighted by atomic mass is 32.2. The second-order valence-electron chi connectivity index (χ2n) is 7.07. The molecule has 4 rings (SSSR count). The van der Waals surface area contributed by atoms with Gasteiger partial charge in [0.1, 0.15) is 11.9 Å². The Morgan fingerprint density at radius 2 is 1.87 bits per heavy atom. The van der Waals surface area contributed by atoms with Crippen molar-refractivity contribution in [2.24, 2.45) is 0 Å². The first kappa shape index (κ1) is 20.2. The van der Waals surface area contributed by atoms with Gasteiger partial charge in [-0.15, -0.1) is 0 Å². The molecule has 2 heterocycles. The fourth-order valence-corrected chi connectivity index (χ4v) is 5.17. The minimum Gasteiger partial charge on any atom is -0.351 e.